The quantitative estimate of drug-likeness (QED) is 0.858. The number of benzene rings is 1. The number of hydrogen-bond donors (Lipinski definition) is 1. The third kappa shape index (κ3) is 3.01. The van der Waals surface area contributed by atoms with Crippen LogP contribution < -0.4 is 10.2 Å². The molecule has 2 nitrogen and oxygen atoms in total. The molecule has 0 atom stereocenters. The standard InChI is InChI=1S/C15H24N2/c1-15(2,11-16-3)12-17-10-6-8-13-7-4-5-9-14(13)17/h4-5,7,9,16H,6,8,10-12H2,1-3H3. The van der Waals surface area contributed by atoms with Gasteiger partial charge in [-0.25, -0.2) is 0 Å². The van der Waals surface area contributed by atoms with Gasteiger partial charge < -0.3 is 10.2 Å². The summed E-state index contributed by atoms with van der Waals surface area (Å²) in [4.78, 5) is 2.55. The molecule has 17 heavy (non-hydrogen) atoms. The highest BCUT2D eigenvalue weighted by atomic mass is 15.1. The third-order valence-electron chi connectivity index (χ3n) is 3.48. The van der Waals surface area contributed by atoms with E-state index in [4.69, 9.17) is 0 Å². The molecule has 0 saturated carbocycles. The van der Waals surface area contributed by atoms with Crippen molar-refractivity contribution >= 4 is 5.69 Å². The molecule has 1 aromatic rings. The molecule has 0 saturated heterocycles. The van der Waals surface area contributed by atoms with Gasteiger partial charge >= 0.3 is 0 Å². The molecule has 0 fully saturated rings. The Kier molecular flexibility index (Phi) is 3.72. The van der Waals surface area contributed by atoms with E-state index in [0.717, 1.165) is 13.1 Å². The van der Waals surface area contributed by atoms with E-state index >= 15 is 0 Å². The summed E-state index contributed by atoms with van der Waals surface area (Å²) >= 11 is 0. The summed E-state index contributed by atoms with van der Waals surface area (Å²) in [6.07, 6.45) is 2.52. The largest absolute Gasteiger partial charge is 0.371 e. The molecule has 1 aliphatic heterocycles. The maximum Gasteiger partial charge on any atom is 0.0398 e. The van der Waals surface area contributed by atoms with Crippen LogP contribution in [-0.4, -0.2) is 26.7 Å². The molecular weight excluding hydrogens is 208 g/mol. The highest BCUT2D eigenvalue weighted by Crippen LogP contribution is 2.29. The smallest absolute Gasteiger partial charge is 0.0398 e. The van der Waals surface area contributed by atoms with E-state index < -0.39 is 0 Å². The second-order valence-electron chi connectivity index (χ2n) is 5.85. The predicted molar refractivity (Wildman–Crippen MR) is 74.7 cm³/mol. The molecule has 2 heteroatoms. The lowest BCUT2D eigenvalue weighted by atomic mass is 9.91. The number of nitrogens with one attached hydrogen (secondary N) is 1. The fraction of sp³-hybridized carbons (Fsp3) is 0.600. The molecule has 94 valence electrons. The number of nitrogens with zero attached hydrogens (tertiary/aromatic N) is 1. The first-order valence-corrected chi connectivity index (χ1v) is 6.60. The van der Waals surface area contributed by atoms with Crippen LogP contribution >= 0.6 is 0 Å². The van der Waals surface area contributed by atoms with E-state index in [9.17, 15) is 0 Å². The first-order chi connectivity index (χ1) is 8.12. The summed E-state index contributed by atoms with van der Waals surface area (Å²) in [6.45, 7) is 8.06. The van der Waals surface area contributed by atoms with Gasteiger partial charge in [-0.1, -0.05) is 32.0 Å². The highest BCUT2D eigenvalue weighted by molar-refractivity contribution is 5.55. The lowest BCUT2D eigenvalue weighted by Gasteiger charge is -2.37. The molecule has 0 radical (unpaired) electrons. The van der Waals surface area contributed by atoms with Crippen molar-refractivity contribution in [2.45, 2.75) is 26.7 Å². The van der Waals surface area contributed by atoms with Crippen molar-refractivity contribution in [1.82, 2.24) is 5.32 Å². The van der Waals surface area contributed by atoms with Gasteiger partial charge in [-0.3, -0.25) is 0 Å². The summed E-state index contributed by atoms with van der Waals surface area (Å²) in [5, 5.41) is 3.29. The number of rotatable bonds is 4. The predicted octanol–water partition coefficient (Wildman–Crippen LogP) is 2.68. The molecular formula is C15H24N2. The Morgan fingerprint density at radius 3 is 2.82 bits per heavy atom. The van der Waals surface area contributed by atoms with Gasteiger partial charge in [-0.2, -0.15) is 0 Å². The minimum absolute atomic E-state index is 0.319. The van der Waals surface area contributed by atoms with Crippen LogP contribution in [0.2, 0.25) is 0 Å². The van der Waals surface area contributed by atoms with Crippen molar-refractivity contribution in [3.05, 3.63) is 29.8 Å². The normalized spacial score (nSPS) is 15.8. The average molecular weight is 232 g/mol. The Hall–Kier alpha value is -1.02. The van der Waals surface area contributed by atoms with Crippen LogP contribution in [-0.2, 0) is 6.42 Å². The molecule has 1 aliphatic rings. The lowest BCUT2D eigenvalue weighted by molar-refractivity contribution is 0.349. The Morgan fingerprint density at radius 1 is 1.29 bits per heavy atom. The van der Waals surface area contributed by atoms with Gasteiger partial charge in [0.15, 0.2) is 0 Å². The SMILES string of the molecule is CNCC(C)(C)CN1CCCc2ccccc21. The van der Waals surface area contributed by atoms with Crippen LogP contribution in [0.4, 0.5) is 5.69 Å². The van der Waals surface area contributed by atoms with Crippen molar-refractivity contribution in [1.29, 1.82) is 0 Å². The van der Waals surface area contributed by atoms with E-state index in [0.29, 0.717) is 5.41 Å². The fourth-order valence-corrected chi connectivity index (χ4v) is 2.83. The van der Waals surface area contributed by atoms with Gasteiger partial charge in [-0.05, 0) is 36.9 Å². The van der Waals surface area contributed by atoms with Crippen LogP contribution in [0.1, 0.15) is 25.8 Å². The zero-order chi connectivity index (χ0) is 12.3. The van der Waals surface area contributed by atoms with Gasteiger partial charge in [-0.15, -0.1) is 0 Å². The molecule has 0 unspecified atom stereocenters. The monoisotopic (exact) mass is 232 g/mol. The maximum atomic E-state index is 3.29. The molecule has 0 amide bonds. The molecule has 0 aromatic heterocycles. The van der Waals surface area contributed by atoms with Crippen molar-refractivity contribution in [3.63, 3.8) is 0 Å². The summed E-state index contributed by atoms with van der Waals surface area (Å²) < 4.78 is 0. The van der Waals surface area contributed by atoms with E-state index in [1.165, 1.54) is 30.6 Å². The van der Waals surface area contributed by atoms with Crippen LogP contribution in [0.15, 0.2) is 24.3 Å². The van der Waals surface area contributed by atoms with Crippen LogP contribution in [0, 0.1) is 5.41 Å². The van der Waals surface area contributed by atoms with Crippen molar-refractivity contribution < 1.29 is 0 Å². The van der Waals surface area contributed by atoms with Crippen LogP contribution in [0.3, 0.4) is 0 Å². The van der Waals surface area contributed by atoms with Crippen molar-refractivity contribution in [2.24, 2.45) is 5.41 Å². The Balaban J connectivity index is 2.13. The van der Waals surface area contributed by atoms with Crippen LogP contribution in [0.25, 0.3) is 0 Å². The molecule has 0 aliphatic carbocycles. The average Bonchev–Trinajstić information content (AvgIpc) is 2.29. The Bertz CT molecular complexity index is 371. The van der Waals surface area contributed by atoms with E-state index in [-0.39, 0.29) is 0 Å². The number of fused-ring (bicyclic) bond motifs is 1. The van der Waals surface area contributed by atoms with Crippen LogP contribution in [0.5, 0.6) is 0 Å². The Morgan fingerprint density at radius 2 is 2.06 bits per heavy atom. The molecule has 1 aromatic carbocycles. The second-order valence-corrected chi connectivity index (χ2v) is 5.85. The molecule has 2 rings (SSSR count). The number of para-hydroxylation sites is 1. The fourth-order valence-electron chi connectivity index (χ4n) is 2.83. The Labute approximate surface area is 105 Å². The molecule has 1 N–H and O–H groups in total. The maximum absolute atomic E-state index is 3.29. The lowest BCUT2D eigenvalue weighted by Crippen LogP contribution is -2.41. The topological polar surface area (TPSA) is 15.3 Å². The van der Waals surface area contributed by atoms with Gasteiger partial charge in [0, 0.05) is 25.3 Å². The van der Waals surface area contributed by atoms with Crippen molar-refractivity contribution in [2.75, 3.05) is 31.6 Å². The van der Waals surface area contributed by atoms with E-state index in [2.05, 4.69) is 48.3 Å². The van der Waals surface area contributed by atoms with E-state index in [1.807, 2.05) is 7.05 Å². The third-order valence-corrected chi connectivity index (χ3v) is 3.48. The van der Waals surface area contributed by atoms with Crippen molar-refractivity contribution in [3.8, 4) is 0 Å². The summed E-state index contributed by atoms with van der Waals surface area (Å²) in [5.41, 5.74) is 3.28. The zero-order valence-corrected chi connectivity index (χ0v) is 11.3. The minimum Gasteiger partial charge on any atom is -0.371 e. The first kappa shape index (κ1) is 12.4. The summed E-state index contributed by atoms with van der Waals surface area (Å²) in [5.74, 6) is 0. The summed E-state index contributed by atoms with van der Waals surface area (Å²) in [7, 11) is 2.03. The molecule has 0 bridgehead atoms. The van der Waals surface area contributed by atoms with Gasteiger partial charge in [0.25, 0.3) is 0 Å². The van der Waals surface area contributed by atoms with Gasteiger partial charge in [0.05, 0.1) is 0 Å². The van der Waals surface area contributed by atoms with Gasteiger partial charge in [0.2, 0.25) is 0 Å². The highest BCUT2D eigenvalue weighted by Gasteiger charge is 2.24. The van der Waals surface area contributed by atoms with Gasteiger partial charge in [0.1, 0.15) is 0 Å². The minimum atomic E-state index is 0.319. The summed E-state index contributed by atoms with van der Waals surface area (Å²) in [6, 6.07) is 8.85. The molecule has 0 spiro atoms. The number of hydrogen-bond acceptors (Lipinski definition) is 2. The van der Waals surface area contributed by atoms with E-state index in [1.54, 1.807) is 0 Å². The second kappa shape index (κ2) is 5.09. The first-order valence-electron chi connectivity index (χ1n) is 6.60. The molecule has 1 heterocycles. The number of anilines is 1. The zero-order valence-electron chi connectivity index (χ0n) is 11.3. The number of aryl methyl sites for hydroxylation is 1.